The number of rotatable bonds is 6. The molecule has 1 amide bonds. The van der Waals surface area contributed by atoms with E-state index in [2.05, 4.69) is 9.97 Å². The van der Waals surface area contributed by atoms with Crippen LogP contribution in [0, 0.1) is 12.8 Å². The Morgan fingerprint density at radius 3 is 2.13 bits per heavy atom. The molecule has 3 fully saturated rings. The fourth-order valence-electron chi connectivity index (χ4n) is 7.54. The smallest absolute Gasteiger partial charge is 0.433 e. The standard InChI is InChI=1S/C35H24F9N3O5/c1-15-5-16(30(48)49)3-4-22(15)18-8-24(29(51-2)46-13-18)25-14-45-27(35(42,43)44)11-23(25)26-10-21-12-32(21)28(52-31(50)47(26)32)17-6-19(33(36,37)38)9-20(7-17)34(39,40)41/h3-9,11,13-14,21,26,28H,10,12H2,1-2H3,(H,48,49)/t21?,26-,28+,32?/m0/s1. The van der Waals surface area contributed by atoms with E-state index in [9.17, 15) is 54.2 Å². The molecule has 1 aliphatic carbocycles. The van der Waals surface area contributed by atoms with Crippen molar-refractivity contribution in [2.45, 2.75) is 56.0 Å². The second kappa shape index (κ2) is 11.6. The molecule has 272 valence electrons. The molecule has 4 atom stereocenters. The van der Waals surface area contributed by atoms with E-state index >= 15 is 0 Å². The molecular formula is C35H24F9N3O5. The topological polar surface area (TPSA) is 102 Å². The van der Waals surface area contributed by atoms with Crippen LogP contribution in [0.1, 0.15) is 68.9 Å². The molecule has 1 spiro atoms. The highest BCUT2D eigenvalue weighted by Crippen LogP contribution is 2.71. The molecular weight excluding hydrogens is 713 g/mol. The Morgan fingerprint density at radius 2 is 1.56 bits per heavy atom. The predicted molar refractivity (Wildman–Crippen MR) is 162 cm³/mol. The lowest BCUT2D eigenvalue weighted by molar-refractivity contribution is -0.143. The number of halogens is 9. The van der Waals surface area contributed by atoms with Crippen LogP contribution in [0.25, 0.3) is 22.3 Å². The van der Waals surface area contributed by atoms with E-state index in [4.69, 9.17) is 9.47 Å². The number of amides is 1. The first kappa shape index (κ1) is 35.1. The molecule has 0 radical (unpaired) electrons. The zero-order valence-electron chi connectivity index (χ0n) is 26.7. The van der Waals surface area contributed by atoms with Gasteiger partial charge in [-0.1, -0.05) is 6.07 Å². The summed E-state index contributed by atoms with van der Waals surface area (Å²) < 4.78 is 136. The summed E-state index contributed by atoms with van der Waals surface area (Å²) in [7, 11) is 1.27. The summed E-state index contributed by atoms with van der Waals surface area (Å²) in [5, 5.41) is 9.38. The molecule has 17 heteroatoms. The number of carbonyl (C=O) groups excluding carboxylic acids is 1. The Morgan fingerprint density at radius 1 is 0.885 bits per heavy atom. The average molecular weight is 738 g/mol. The molecule has 2 aromatic heterocycles. The van der Waals surface area contributed by atoms with E-state index in [-0.39, 0.29) is 47.0 Å². The first-order chi connectivity index (χ1) is 24.2. The van der Waals surface area contributed by atoms with Crippen LogP contribution in [0.2, 0.25) is 0 Å². The third kappa shape index (κ3) is 5.66. The summed E-state index contributed by atoms with van der Waals surface area (Å²) in [6.07, 6.45) is -15.5. The van der Waals surface area contributed by atoms with Crippen LogP contribution in [-0.4, -0.2) is 44.7 Å². The van der Waals surface area contributed by atoms with Crippen molar-refractivity contribution in [3.05, 3.63) is 100.0 Å². The highest BCUT2D eigenvalue weighted by Gasteiger charge is 2.76. The lowest BCUT2D eigenvalue weighted by Crippen LogP contribution is -2.36. The van der Waals surface area contributed by atoms with Crippen molar-refractivity contribution in [2.24, 2.45) is 5.92 Å². The minimum absolute atomic E-state index is 0.0101. The Labute approximate surface area is 287 Å². The molecule has 4 heterocycles. The van der Waals surface area contributed by atoms with E-state index in [1.165, 1.54) is 31.5 Å². The Balaban J connectivity index is 1.35. The molecule has 7 rings (SSSR count). The number of alkyl halides is 9. The van der Waals surface area contributed by atoms with Crippen LogP contribution in [-0.2, 0) is 23.3 Å². The summed E-state index contributed by atoms with van der Waals surface area (Å²) in [4.78, 5) is 34.1. The lowest BCUT2D eigenvalue weighted by atomic mass is 9.91. The maximum atomic E-state index is 14.1. The summed E-state index contributed by atoms with van der Waals surface area (Å²) in [6, 6.07) is 6.36. The van der Waals surface area contributed by atoms with Gasteiger partial charge in [0.05, 0.1) is 35.4 Å². The molecule has 1 N–H and O–H groups in total. The normalized spacial score (nSPS) is 22.6. The molecule has 3 aliphatic rings. The zero-order chi connectivity index (χ0) is 37.7. The zero-order valence-corrected chi connectivity index (χ0v) is 26.7. The number of carbonyl (C=O) groups is 2. The third-order valence-electron chi connectivity index (χ3n) is 9.87. The molecule has 0 bridgehead atoms. The minimum atomic E-state index is -5.17. The number of aromatic carboxylic acids is 1. The van der Waals surface area contributed by atoms with E-state index in [1.807, 2.05) is 0 Å². The van der Waals surface area contributed by atoms with Gasteiger partial charge in [-0.2, -0.15) is 39.5 Å². The molecule has 2 aromatic carbocycles. The highest BCUT2D eigenvalue weighted by molar-refractivity contribution is 5.89. The van der Waals surface area contributed by atoms with E-state index < -0.39 is 76.6 Å². The number of aromatic nitrogens is 2. The van der Waals surface area contributed by atoms with Gasteiger partial charge < -0.3 is 14.6 Å². The molecule has 2 aliphatic heterocycles. The second-order valence-electron chi connectivity index (χ2n) is 12.9. The van der Waals surface area contributed by atoms with Crippen LogP contribution in [0.4, 0.5) is 44.3 Å². The molecule has 2 unspecified atom stereocenters. The Bertz CT molecular complexity index is 2120. The van der Waals surface area contributed by atoms with Crippen molar-refractivity contribution in [1.82, 2.24) is 14.9 Å². The Kier molecular flexibility index (Phi) is 7.81. The summed E-state index contributed by atoms with van der Waals surface area (Å²) in [5.41, 5.74) is -4.88. The SMILES string of the molecule is COc1ncc(-c2ccc(C(=O)O)cc2C)cc1-c1cnc(C(F)(F)F)cc1[C@@H]1CC2CC23[C@@H](c2cc(C(F)(F)F)cc(C(F)(F)F)c2)OC(=O)N13. The van der Waals surface area contributed by atoms with Crippen molar-refractivity contribution in [1.29, 1.82) is 0 Å². The van der Waals surface area contributed by atoms with E-state index in [0.717, 1.165) is 17.2 Å². The van der Waals surface area contributed by atoms with Crippen molar-refractivity contribution in [3.63, 3.8) is 0 Å². The first-order valence-electron chi connectivity index (χ1n) is 15.5. The summed E-state index contributed by atoms with van der Waals surface area (Å²) in [5.74, 6) is -1.75. The summed E-state index contributed by atoms with van der Waals surface area (Å²) >= 11 is 0. The molecule has 8 nitrogen and oxygen atoms in total. The third-order valence-corrected chi connectivity index (χ3v) is 9.87. The van der Waals surface area contributed by atoms with Gasteiger partial charge in [-0.3, -0.25) is 9.88 Å². The van der Waals surface area contributed by atoms with Crippen LogP contribution in [0.5, 0.6) is 5.88 Å². The number of ether oxygens (including phenoxy) is 2. The van der Waals surface area contributed by atoms with Crippen LogP contribution in [0.3, 0.4) is 0 Å². The van der Waals surface area contributed by atoms with Gasteiger partial charge in [-0.25, -0.2) is 14.6 Å². The second-order valence-corrected chi connectivity index (χ2v) is 12.9. The number of methoxy groups -OCH3 is 1. The molecule has 52 heavy (non-hydrogen) atoms. The van der Waals surface area contributed by atoms with E-state index in [1.54, 1.807) is 13.0 Å². The van der Waals surface area contributed by atoms with Gasteiger partial charge in [0.15, 0.2) is 6.10 Å². The lowest BCUT2D eigenvalue weighted by Gasteiger charge is -2.29. The first-order valence-corrected chi connectivity index (χ1v) is 15.5. The number of benzene rings is 2. The van der Waals surface area contributed by atoms with Gasteiger partial charge in [0.25, 0.3) is 0 Å². The molecule has 1 saturated carbocycles. The van der Waals surface area contributed by atoms with Crippen LogP contribution >= 0.6 is 0 Å². The van der Waals surface area contributed by atoms with Crippen molar-refractivity contribution in [3.8, 4) is 28.1 Å². The number of carboxylic acid groups (broad SMARTS) is 1. The number of aryl methyl sites for hydroxylation is 1. The fraction of sp³-hybridized carbons (Fsp3) is 0.314. The average Bonchev–Trinajstić information content (AvgIpc) is 3.55. The molecule has 2 saturated heterocycles. The number of hydrogen-bond acceptors (Lipinski definition) is 6. The van der Waals surface area contributed by atoms with Crippen LogP contribution in [0.15, 0.2) is 60.9 Å². The number of carboxylic acids is 1. The maximum Gasteiger partial charge on any atom is 0.433 e. The predicted octanol–water partition coefficient (Wildman–Crippen LogP) is 9.28. The quantitative estimate of drug-likeness (QED) is 0.197. The van der Waals surface area contributed by atoms with Crippen molar-refractivity contribution < 1.29 is 63.7 Å². The number of pyridine rings is 2. The van der Waals surface area contributed by atoms with Gasteiger partial charge in [0.1, 0.15) is 5.69 Å². The minimum Gasteiger partial charge on any atom is -0.481 e. The van der Waals surface area contributed by atoms with Gasteiger partial charge in [0, 0.05) is 29.1 Å². The maximum absolute atomic E-state index is 14.1. The fourth-order valence-corrected chi connectivity index (χ4v) is 7.54. The largest absolute Gasteiger partial charge is 0.481 e. The number of nitrogens with zero attached hydrogens (tertiary/aromatic N) is 3. The highest BCUT2D eigenvalue weighted by atomic mass is 19.4. The van der Waals surface area contributed by atoms with Gasteiger partial charge in [0.2, 0.25) is 5.88 Å². The monoisotopic (exact) mass is 737 g/mol. The van der Waals surface area contributed by atoms with Gasteiger partial charge in [-0.15, -0.1) is 0 Å². The summed E-state index contributed by atoms with van der Waals surface area (Å²) in [6.45, 7) is 1.65. The number of piperidine rings is 1. The Hall–Kier alpha value is -5.35. The van der Waals surface area contributed by atoms with Crippen molar-refractivity contribution in [2.75, 3.05) is 7.11 Å². The van der Waals surface area contributed by atoms with Gasteiger partial charge >= 0.3 is 30.6 Å². The van der Waals surface area contributed by atoms with Crippen molar-refractivity contribution >= 4 is 12.1 Å². The number of hydrogen-bond donors (Lipinski definition) is 1. The molecule has 4 aromatic rings. The van der Waals surface area contributed by atoms with E-state index in [0.29, 0.717) is 28.8 Å². The van der Waals surface area contributed by atoms with Gasteiger partial charge in [-0.05, 0) is 90.4 Å². The number of cyclic esters (lactones) is 1. The van der Waals surface area contributed by atoms with Crippen LogP contribution < -0.4 is 4.74 Å².